The second kappa shape index (κ2) is 4.09. The molecule has 0 saturated carbocycles. The van der Waals surface area contributed by atoms with Gasteiger partial charge in [-0.25, -0.2) is 9.67 Å². The van der Waals surface area contributed by atoms with Crippen LogP contribution in [0.2, 0.25) is 0 Å². The molecule has 0 spiro atoms. The molecule has 0 bridgehead atoms. The van der Waals surface area contributed by atoms with E-state index in [1.165, 1.54) is 19.4 Å². The zero-order valence-electron chi connectivity index (χ0n) is 8.95. The molecule has 4 heteroatoms. The fraction of sp³-hybridized carbons (Fsp3) is 0.800. The topological polar surface area (TPSA) is 42.7 Å². The standard InChI is InChI=1S/C10H18N4/c1-8-12-9(2)14(13-8)7-10-4-3-5-11-6-10/h10-11H,3-7H2,1-2H3/t10-/m1/s1. The van der Waals surface area contributed by atoms with Gasteiger partial charge in [0.15, 0.2) is 0 Å². The molecule has 1 atom stereocenters. The highest BCUT2D eigenvalue weighted by Gasteiger charge is 2.15. The lowest BCUT2D eigenvalue weighted by Gasteiger charge is -2.22. The quantitative estimate of drug-likeness (QED) is 0.760. The lowest BCUT2D eigenvalue weighted by atomic mass is 10.00. The van der Waals surface area contributed by atoms with Crippen LogP contribution in [-0.4, -0.2) is 27.9 Å². The minimum Gasteiger partial charge on any atom is -0.316 e. The molecule has 0 radical (unpaired) electrons. The van der Waals surface area contributed by atoms with Crippen molar-refractivity contribution in [1.29, 1.82) is 0 Å². The summed E-state index contributed by atoms with van der Waals surface area (Å²) < 4.78 is 2.03. The van der Waals surface area contributed by atoms with Crippen molar-refractivity contribution in [3.05, 3.63) is 11.6 Å². The van der Waals surface area contributed by atoms with E-state index < -0.39 is 0 Å². The molecule has 0 aliphatic carbocycles. The third kappa shape index (κ3) is 2.12. The molecule has 0 amide bonds. The zero-order chi connectivity index (χ0) is 9.97. The molecular weight excluding hydrogens is 176 g/mol. The summed E-state index contributed by atoms with van der Waals surface area (Å²) in [5, 5.41) is 7.80. The fourth-order valence-electron chi connectivity index (χ4n) is 2.06. The summed E-state index contributed by atoms with van der Waals surface area (Å²) in [5.41, 5.74) is 0. The maximum atomic E-state index is 4.38. The van der Waals surface area contributed by atoms with Gasteiger partial charge in [-0.05, 0) is 45.7 Å². The van der Waals surface area contributed by atoms with Crippen LogP contribution in [0.3, 0.4) is 0 Å². The molecule has 1 N–H and O–H groups in total. The van der Waals surface area contributed by atoms with Crippen LogP contribution in [0.1, 0.15) is 24.5 Å². The molecular formula is C10H18N4. The van der Waals surface area contributed by atoms with Gasteiger partial charge in [-0.1, -0.05) is 0 Å². The Labute approximate surface area is 84.7 Å². The second-order valence-corrected chi connectivity index (χ2v) is 4.10. The van der Waals surface area contributed by atoms with E-state index in [9.17, 15) is 0 Å². The van der Waals surface area contributed by atoms with Crippen LogP contribution in [0.15, 0.2) is 0 Å². The fourth-order valence-corrected chi connectivity index (χ4v) is 2.06. The molecule has 2 rings (SSSR count). The first-order valence-corrected chi connectivity index (χ1v) is 5.34. The molecule has 0 aromatic carbocycles. The van der Waals surface area contributed by atoms with Gasteiger partial charge in [-0.15, -0.1) is 0 Å². The zero-order valence-corrected chi connectivity index (χ0v) is 8.95. The Morgan fingerprint density at radius 2 is 2.36 bits per heavy atom. The molecule has 1 fully saturated rings. The molecule has 78 valence electrons. The number of hydrogen-bond acceptors (Lipinski definition) is 3. The summed E-state index contributed by atoms with van der Waals surface area (Å²) in [6.07, 6.45) is 2.60. The highest BCUT2D eigenvalue weighted by atomic mass is 15.3. The van der Waals surface area contributed by atoms with E-state index in [1.807, 2.05) is 18.5 Å². The Morgan fingerprint density at radius 1 is 1.50 bits per heavy atom. The van der Waals surface area contributed by atoms with Crippen LogP contribution in [0, 0.1) is 19.8 Å². The second-order valence-electron chi connectivity index (χ2n) is 4.10. The highest BCUT2D eigenvalue weighted by Crippen LogP contribution is 2.12. The number of piperidine rings is 1. The maximum Gasteiger partial charge on any atom is 0.147 e. The van der Waals surface area contributed by atoms with Gasteiger partial charge in [0, 0.05) is 6.54 Å². The van der Waals surface area contributed by atoms with Gasteiger partial charge in [0.25, 0.3) is 0 Å². The van der Waals surface area contributed by atoms with Crippen molar-refractivity contribution in [3.8, 4) is 0 Å². The van der Waals surface area contributed by atoms with E-state index in [-0.39, 0.29) is 0 Å². The van der Waals surface area contributed by atoms with Crippen LogP contribution in [-0.2, 0) is 6.54 Å². The van der Waals surface area contributed by atoms with Gasteiger partial charge in [-0.3, -0.25) is 0 Å². The lowest BCUT2D eigenvalue weighted by molar-refractivity contribution is 0.322. The maximum absolute atomic E-state index is 4.38. The van der Waals surface area contributed by atoms with Gasteiger partial charge >= 0.3 is 0 Å². The molecule has 1 saturated heterocycles. The van der Waals surface area contributed by atoms with Crippen molar-refractivity contribution < 1.29 is 0 Å². The average Bonchev–Trinajstić information content (AvgIpc) is 2.47. The Hall–Kier alpha value is -0.900. The van der Waals surface area contributed by atoms with Crippen LogP contribution in [0.25, 0.3) is 0 Å². The minimum atomic E-state index is 0.726. The highest BCUT2D eigenvalue weighted by molar-refractivity contribution is 4.88. The lowest BCUT2D eigenvalue weighted by Crippen LogP contribution is -2.32. The molecule has 1 aromatic heterocycles. The summed E-state index contributed by atoms with van der Waals surface area (Å²) in [4.78, 5) is 4.31. The normalized spacial score (nSPS) is 22.6. The largest absolute Gasteiger partial charge is 0.316 e. The number of rotatable bonds is 2. The molecule has 2 heterocycles. The third-order valence-corrected chi connectivity index (χ3v) is 2.79. The summed E-state index contributed by atoms with van der Waals surface area (Å²) in [6.45, 7) is 7.28. The van der Waals surface area contributed by atoms with Gasteiger partial charge in [0.05, 0.1) is 0 Å². The monoisotopic (exact) mass is 194 g/mol. The number of nitrogens with zero attached hydrogens (tertiary/aromatic N) is 3. The Morgan fingerprint density at radius 3 is 2.93 bits per heavy atom. The van der Waals surface area contributed by atoms with Crippen molar-refractivity contribution in [3.63, 3.8) is 0 Å². The van der Waals surface area contributed by atoms with Crippen LogP contribution < -0.4 is 5.32 Å². The average molecular weight is 194 g/mol. The Bertz CT molecular complexity index is 299. The van der Waals surface area contributed by atoms with E-state index in [2.05, 4.69) is 15.4 Å². The van der Waals surface area contributed by atoms with Crippen LogP contribution in [0.4, 0.5) is 0 Å². The third-order valence-electron chi connectivity index (χ3n) is 2.79. The van der Waals surface area contributed by atoms with Crippen molar-refractivity contribution >= 4 is 0 Å². The predicted octanol–water partition coefficient (Wildman–Crippen LogP) is 0.895. The molecule has 1 aromatic rings. The predicted molar refractivity (Wildman–Crippen MR) is 55.1 cm³/mol. The minimum absolute atomic E-state index is 0.726. The molecule has 4 nitrogen and oxygen atoms in total. The summed E-state index contributed by atoms with van der Waals surface area (Å²) >= 11 is 0. The summed E-state index contributed by atoms with van der Waals surface area (Å²) in [6, 6.07) is 0. The van der Waals surface area contributed by atoms with E-state index >= 15 is 0 Å². The summed E-state index contributed by atoms with van der Waals surface area (Å²) in [7, 11) is 0. The molecule has 14 heavy (non-hydrogen) atoms. The number of hydrogen-bond donors (Lipinski definition) is 1. The van der Waals surface area contributed by atoms with E-state index in [1.54, 1.807) is 0 Å². The molecule has 1 aliphatic rings. The first kappa shape index (κ1) is 9.65. The Balaban J connectivity index is 1.98. The first-order valence-electron chi connectivity index (χ1n) is 5.34. The van der Waals surface area contributed by atoms with Crippen molar-refractivity contribution in [1.82, 2.24) is 20.1 Å². The Kier molecular flexibility index (Phi) is 2.82. The number of aryl methyl sites for hydroxylation is 2. The number of nitrogens with one attached hydrogen (secondary N) is 1. The van der Waals surface area contributed by atoms with E-state index in [0.29, 0.717) is 0 Å². The van der Waals surface area contributed by atoms with Crippen molar-refractivity contribution in [2.45, 2.75) is 33.2 Å². The smallest absolute Gasteiger partial charge is 0.147 e. The van der Waals surface area contributed by atoms with Crippen molar-refractivity contribution in [2.75, 3.05) is 13.1 Å². The van der Waals surface area contributed by atoms with Gasteiger partial charge in [0.2, 0.25) is 0 Å². The van der Waals surface area contributed by atoms with E-state index in [4.69, 9.17) is 0 Å². The van der Waals surface area contributed by atoms with Gasteiger partial charge in [-0.2, -0.15) is 5.10 Å². The van der Waals surface area contributed by atoms with Crippen LogP contribution >= 0.6 is 0 Å². The van der Waals surface area contributed by atoms with Gasteiger partial charge < -0.3 is 5.32 Å². The molecule has 0 unspecified atom stereocenters. The first-order chi connectivity index (χ1) is 6.75. The van der Waals surface area contributed by atoms with E-state index in [0.717, 1.165) is 30.7 Å². The molecule has 1 aliphatic heterocycles. The summed E-state index contributed by atoms with van der Waals surface area (Å²) in [5.74, 6) is 2.64. The van der Waals surface area contributed by atoms with Crippen molar-refractivity contribution in [2.24, 2.45) is 5.92 Å². The van der Waals surface area contributed by atoms with Gasteiger partial charge in [0.1, 0.15) is 11.6 Å². The SMILES string of the molecule is Cc1nc(C)n(C[C@@H]2CCCNC2)n1. The van der Waals surface area contributed by atoms with Crippen LogP contribution in [0.5, 0.6) is 0 Å². The number of aromatic nitrogens is 3.